The molecule has 1 aromatic carbocycles. The largest absolute Gasteiger partial charge is 0.313 e. The zero-order chi connectivity index (χ0) is 13.9. The Bertz CT molecular complexity index is 597. The lowest BCUT2D eigenvalue weighted by molar-refractivity contribution is 0.194. The van der Waals surface area contributed by atoms with Crippen LogP contribution in [0.15, 0.2) is 36.5 Å². The highest BCUT2D eigenvalue weighted by molar-refractivity contribution is 5.62. The number of piperazine rings is 1. The van der Waals surface area contributed by atoms with E-state index in [1.807, 2.05) is 12.3 Å². The minimum absolute atomic E-state index is 0.257. The Morgan fingerprint density at radius 1 is 1.25 bits per heavy atom. The monoisotopic (exact) mass is 268 g/mol. The molecular weight excluding hydrogens is 248 g/mol. The van der Waals surface area contributed by atoms with Crippen LogP contribution < -0.4 is 5.32 Å². The third kappa shape index (κ3) is 2.57. The van der Waals surface area contributed by atoms with Gasteiger partial charge in [0.05, 0.1) is 11.7 Å². The molecule has 1 atom stereocenters. The molecule has 0 amide bonds. The van der Waals surface area contributed by atoms with E-state index in [1.165, 1.54) is 11.1 Å². The van der Waals surface area contributed by atoms with Gasteiger partial charge in [-0.1, -0.05) is 24.3 Å². The molecule has 3 rings (SSSR count). The molecule has 20 heavy (non-hydrogen) atoms. The molecule has 1 N–H and O–H groups in total. The summed E-state index contributed by atoms with van der Waals surface area (Å²) in [4.78, 5) is 11.6. The van der Waals surface area contributed by atoms with Crippen LogP contribution >= 0.6 is 0 Å². The van der Waals surface area contributed by atoms with Crippen molar-refractivity contribution < 1.29 is 0 Å². The van der Waals surface area contributed by atoms with E-state index < -0.39 is 0 Å². The van der Waals surface area contributed by atoms with E-state index in [2.05, 4.69) is 53.4 Å². The van der Waals surface area contributed by atoms with Crippen LogP contribution in [0.5, 0.6) is 0 Å². The number of nitrogens with zero attached hydrogens (tertiary/aromatic N) is 3. The lowest BCUT2D eigenvalue weighted by Crippen LogP contribution is -2.44. The average molecular weight is 268 g/mol. The van der Waals surface area contributed by atoms with Gasteiger partial charge in [-0.05, 0) is 25.6 Å². The first-order valence-electron chi connectivity index (χ1n) is 7.05. The Kier molecular flexibility index (Phi) is 3.76. The highest BCUT2D eigenvalue weighted by Crippen LogP contribution is 2.23. The van der Waals surface area contributed by atoms with E-state index in [9.17, 15) is 0 Å². The van der Waals surface area contributed by atoms with Crippen LogP contribution in [0.25, 0.3) is 11.3 Å². The van der Waals surface area contributed by atoms with Crippen LogP contribution in [-0.4, -0.2) is 41.5 Å². The summed E-state index contributed by atoms with van der Waals surface area (Å²) in [5, 5.41) is 3.41. The normalized spacial score (nSPS) is 20.0. The summed E-state index contributed by atoms with van der Waals surface area (Å²) in [6.07, 6.45) is 1.87. The number of aryl methyl sites for hydroxylation is 1. The fourth-order valence-electron chi connectivity index (χ4n) is 2.64. The second kappa shape index (κ2) is 5.69. The van der Waals surface area contributed by atoms with E-state index in [-0.39, 0.29) is 6.04 Å². The Balaban J connectivity index is 1.95. The van der Waals surface area contributed by atoms with E-state index >= 15 is 0 Å². The zero-order valence-corrected chi connectivity index (χ0v) is 12.0. The van der Waals surface area contributed by atoms with E-state index in [1.54, 1.807) is 0 Å². The number of benzene rings is 1. The first-order chi connectivity index (χ1) is 9.75. The van der Waals surface area contributed by atoms with Crippen molar-refractivity contribution in [3.05, 3.63) is 47.9 Å². The van der Waals surface area contributed by atoms with Gasteiger partial charge < -0.3 is 5.32 Å². The molecule has 1 unspecified atom stereocenters. The molecule has 1 aromatic heterocycles. The number of nitrogens with one attached hydrogen (secondary N) is 1. The molecule has 0 aliphatic carbocycles. The smallest absolute Gasteiger partial charge is 0.147 e. The Morgan fingerprint density at radius 2 is 2.10 bits per heavy atom. The Morgan fingerprint density at radius 3 is 2.90 bits per heavy atom. The van der Waals surface area contributed by atoms with Gasteiger partial charge in [0.2, 0.25) is 0 Å². The zero-order valence-electron chi connectivity index (χ0n) is 12.0. The van der Waals surface area contributed by atoms with Crippen molar-refractivity contribution in [1.29, 1.82) is 0 Å². The third-order valence-corrected chi connectivity index (χ3v) is 3.90. The molecule has 0 saturated carbocycles. The number of rotatable bonds is 2. The molecule has 0 radical (unpaired) electrons. The van der Waals surface area contributed by atoms with Crippen LogP contribution in [0.1, 0.15) is 17.4 Å². The maximum atomic E-state index is 4.79. The van der Waals surface area contributed by atoms with Gasteiger partial charge in [-0.2, -0.15) is 0 Å². The molecule has 0 bridgehead atoms. The van der Waals surface area contributed by atoms with E-state index in [0.717, 1.165) is 31.2 Å². The summed E-state index contributed by atoms with van der Waals surface area (Å²) in [6.45, 7) is 5.09. The van der Waals surface area contributed by atoms with Crippen molar-refractivity contribution in [1.82, 2.24) is 20.2 Å². The van der Waals surface area contributed by atoms with Gasteiger partial charge in [0.25, 0.3) is 0 Å². The molecule has 104 valence electrons. The minimum Gasteiger partial charge on any atom is -0.313 e. The number of likely N-dealkylation sites (N-methyl/N-ethyl adjacent to an activating group) is 1. The van der Waals surface area contributed by atoms with Gasteiger partial charge in [0.15, 0.2) is 0 Å². The first-order valence-corrected chi connectivity index (χ1v) is 7.05. The highest BCUT2D eigenvalue weighted by atomic mass is 15.2. The van der Waals surface area contributed by atoms with Crippen LogP contribution in [0.2, 0.25) is 0 Å². The van der Waals surface area contributed by atoms with Crippen molar-refractivity contribution in [2.45, 2.75) is 13.0 Å². The molecule has 2 heterocycles. The number of aromatic nitrogens is 2. The molecule has 4 nitrogen and oxygen atoms in total. The van der Waals surface area contributed by atoms with Crippen LogP contribution in [0.4, 0.5) is 0 Å². The predicted octanol–water partition coefficient (Wildman–Crippen LogP) is 2.03. The molecule has 1 saturated heterocycles. The maximum Gasteiger partial charge on any atom is 0.147 e. The fraction of sp³-hybridized carbons (Fsp3) is 0.375. The summed E-state index contributed by atoms with van der Waals surface area (Å²) >= 11 is 0. The van der Waals surface area contributed by atoms with E-state index in [0.29, 0.717) is 0 Å². The SMILES string of the molecule is Cc1ccccc1-c1ccnc(C2CNCCN2C)n1. The summed E-state index contributed by atoms with van der Waals surface area (Å²) in [5.74, 6) is 0.903. The number of hydrogen-bond donors (Lipinski definition) is 1. The summed E-state index contributed by atoms with van der Waals surface area (Å²) in [6, 6.07) is 10.6. The third-order valence-electron chi connectivity index (χ3n) is 3.90. The Labute approximate surface area is 119 Å². The Hall–Kier alpha value is -1.78. The average Bonchev–Trinajstić information content (AvgIpc) is 2.48. The molecular formula is C16H20N4. The van der Waals surface area contributed by atoms with Gasteiger partial charge in [0.1, 0.15) is 5.82 Å². The first kappa shape index (κ1) is 13.2. The van der Waals surface area contributed by atoms with Crippen LogP contribution in [0.3, 0.4) is 0 Å². The van der Waals surface area contributed by atoms with Crippen molar-refractivity contribution in [3.63, 3.8) is 0 Å². The highest BCUT2D eigenvalue weighted by Gasteiger charge is 2.23. The van der Waals surface area contributed by atoms with Crippen LogP contribution in [-0.2, 0) is 0 Å². The van der Waals surface area contributed by atoms with Gasteiger partial charge in [-0.25, -0.2) is 9.97 Å². The molecule has 1 aliphatic rings. The molecule has 1 fully saturated rings. The number of hydrogen-bond acceptors (Lipinski definition) is 4. The second-order valence-corrected chi connectivity index (χ2v) is 5.32. The molecule has 0 spiro atoms. The van der Waals surface area contributed by atoms with Crippen molar-refractivity contribution in [2.24, 2.45) is 0 Å². The molecule has 1 aliphatic heterocycles. The van der Waals surface area contributed by atoms with Gasteiger partial charge in [-0.15, -0.1) is 0 Å². The summed E-state index contributed by atoms with van der Waals surface area (Å²) in [5.41, 5.74) is 3.43. The predicted molar refractivity (Wildman–Crippen MR) is 80.4 cm³/mol. The van der Waals surface area contributed by atoms with Crippen molar-refractivity contribution in [3.8, 4) is 11.3 Å². The van der Waals surface area contributed by atoms with Gasteiger partial charge in [0, 0.05) is 31.4 Å². The van der Waals surface area contributed by atoms with Crippen molar-refractivity contribution in [2.75, 3.05) is 26.7 Å². The van der Waals surface area contributed by atoms with Crippen molar-refractivity contribution >= 4 is 0 Å². The quantitative estimate of drug-likeness (QED) is 0.905. The maximum absolute atomic E-state index is 4.79. The standard InChI is InChI=1S/C16H20N4/c1-12-5-3-4-6-13(12)14-7-8-18-16(19-14)15-11-17-9-10-20(15)2/h3-8,15,17H,9-11H2,1-2H3. The van der Waals surface area contributed by atoms with Gasteiger partial charge >= 0.3 is 0 Å². The molecule has 4 heteroatoms. The lowest BCUT2D eigenvalue weighted by Gasteiger charge is -2.31. The summed E-state index contributed by atoms with van der Waals surface area (Å²) < 4.78 is 0. The molecule has 2 aromatic rings. The minimum atomic E-state index is 0.257. The second-order valence-electron chi connectivity index (χ2n) is 5.32. The topological polar surface area (TPSA) is 41.1 Å². The lowest BCUT2D eigenvalue weighted by atomic mass is 10.1. The summed E-state index contributed by atoms with van der Waals surface area (Å²) in [7, 11) is 2.13. The fourth-order valence-corrected chi connectivity index (χ4v) is 2.64. The van der Waals surface area contributed by atoms with Crippen LogP contribution in [0, 0.1) is 6.92 Å². The van der Waals surface area contributed by atoms with E-state index in [4.69, 9.17) is 4.98 Å². The van der Waals surface area contributed by atoms with Gasteiger partial charge in [-0.3, -0.25) is 4.90 Å².